The molecule has 3 aromatic rings. The number of amides is 2. The van der Waals surface area contributed by atoms with E-state index in [4.69, 9.17) is 4.74 Å². The molecule has 0 aromatic heterocycles. The van der Waals surface area contributed by atoms with Gasteiger partial charge >= 0.3 is 12.1 Å². The summed E-state index contributed by atoms with van der Waals surface area (Å²) in [6.45, 7) is 0.426. The Labute approximate surface area is 192 Å². The molecule has 0 spiro atoms. The Balaban J connectivity index is 1.52. The zero-order valence-corrected chi connectivity index (χ0v) is 18.1. The number of fused-ring (bicyclic) bond motifs is 1. The molecule has 1 saturated heterocycles. The highest BCUT2D eigenvalue weighted by molar-refractivity contribution is 5.90. The van der Waals surface area contributed by atoms with Crippen molar-refractivity contribution in [2.24, 2.45) is 0 Å². The molecule has 1 aliphatic rings. The summed E-state index contributed by atoms with van der Waals surface area (Å²) < 4.78 is 5.32. The fraction of sp³-hybridized carbons (Fsp3) is 0.269. The van der Waals surface area contributed by atoms with Crippen LogP contribution in [0.5, 0.6) is 0 Å². The van der Waals surface area contributed by atoms with Gasteiger partial charge in [0.15, 0.2) is 0 Å². The number of nitrogens with one attached hydrogen (secondary N) is 1. The summed E-state index contributed by atoms with van der Waals surface area (Å²) in [5.74, 6) is -1.44. The van der Waals surface area contributed by atoms with E-state index in [1.54, 1.807) is 0 Å². The number of likely N-dealkylation sites (tertiary alicyclic amines) is 1. The van der Waals surface area contributed by atoms with Crippen molar-refractivity contribution < 1.29 is 24.2 Å². The molecule has 1 fully saturated rings. The van der Waals surface area contributed by atoms with Crippen LogP contribution in [-0.2, 0) is 27.4 Å². The van der Waals surface area contributed by atoms with Gasteiger partial charge in [-0.05, 0) is 34.7 Å². The molecule has 170 valence electrons. The van der Waals surface area contributed by atoms with Crippen LogP contribution in [0.3, 0.4) is 0 Å². The second-order valence-electron chi connectivity index (χ2n) is 8.17. The van der Waals surface area contributed by atoms with E-state index in [0.29, 0.717) is 19.4 Å². The lowest BCUT2D eigenvalue weighted by Crippen LogP contribution is -2.52. The third kappa shape index (κ3) is 5.49. The minimum atomic E-state index is -1.03. The zero-order valence-electron chi connectivity index (χ0n) is 18.1. The summed E-state index contributed by atoms with van der Waals surface area (Å²) in [6, 6.07) is 21.2. The van der Waals surface area contributed by atoms with Gasteiger partial charge in [-0.25, -0.2) is 9.59 Å². The number of hydrogen-bond donors (Lipinski definition) is 2. The van der Waals surface area contributed by atoms with E-state index in [1.165, 1.54) is 4.90 Å². The number of aliphatic carboxylic acids is 1. The molecule has 3 aromatic carbocycles. The minimum absolute atomic E-state index is 0.0744. The second kappa shape index (κ2) is 10.2. The molecular weight excluding hydrogens is 420 g/mol. The van der Waals surface area contributed by atoms with Gasteiger partial charge in [-0.3, -0.25) is 4.79 Å². The molecule has 0 bridgehead atoms. The van der Waals surface area contributed by atoms with E-state index in [-0.39, 0.29) is 13.0 Å². The molecule has 2 N–H and O–H groups in total. The Morgan fingerprint density at radius 2 is 1.70 bits per heavy atom. The molecule has 2 amide bonds. The Hall–Kier alpha value is -3.87. The largest absolute Gasteiger partial charge is 0.480 e. The number of rotatable bonds is 7. The average molecular weight is 447 g/mol. The molecule has 0 saturated carbocycles. The van der Waals surface area contributed by atoms with E-state index in [2.05, 4.69) is 5.32 Å². The molecule has 4 rings (SSSR count). The van der Waals surface area contributed by atoms with Gasteiger partial charge in [0.2, 0.25) is 5.91 Å². The summed E-state index contributed by atoms with van der Waals surface area (Å²) in [5, 5.41) is 14.3. The number of carboxylic acid groups (broad SMARTS) is 1. The Kier molecular flexibility index (Phi) is 6.88. The third-order valence-corrected chi connectivity index (χ3v) is 5.88. The number of nitrogens with zero attached hydrogens (tertiary/aromatic N) is 1. The third-order valence-electron chi connectivity index (χ3n) is 5.88. The highest BCUT2D eigenvalue weighted by Gasteiger charge is 2.37. The first-order chi connectivity index (χ1) is 16.0. The van der Waals surface area contributed by atoms with Gasteiger partial charge in [0, 0.05) is 13.0 Å². The first-order valence-corrected chi connectivity index (χ1v) is 11.0. The lowest BCUT2D eigenvalue weighted by molar-refractivity contribution is -0.148. The normalized spacial score (nSPS) is 16.4. The molecule has 33 heavy (non-hydrogen) atoms. The fourth-order valence-corrected chi connectivity index (χ4v) is 4.20. The number of carbonyl (C=O) groups excluding carboxylic acids is 2. The van der Waals surface area contributed by atoms with Crippen LogP contribution in [0.25, 0.3) is 10.8 Å². The van der Waals surface area contributed by atoms with Gasteiger partial charge in [-0.1, -0.05) is 72.8 Å². The molecule has 1 heterocycles. The standard InChI is InChI=1S/C26H26N2O5/c29-24(28-14-6-11-23(28)25(30)31)22(27-26(32)33-17-18-7-2-1-3-8-18)16-19-12-13-20-9-4-5-10-21(20)15-19/h1-5,7-10,12-13,15,22-23H,6,11,14,16-17H2,(H,27,32)(H,30,31)/t22-,23+/m1/s1. The summed E-state index contributed by atoms with van der Waals surface area (Å²) in [4.78, 5) is 38.8. The van der Waals surface area contributed by atoms with Crippen molar-refractivity contribution in [2.45, 2.75) is 38.0 Å². The first-order valence-electron chi connectivity index (χ1n) is 11.0. The van der Waals surface area contributed by atoms with Crippen molar-refractivity contribution in [2.75, 3.05) is 6.54 Å². The smallest absolute Gasteiger partial charge is 0.408 e. The van der Waals surface area contributed by atoms with E-state index in [1.807, 2.05) is 72.8 Å². The number of ether oxygens (including phenoxy) is 1. The van der Waals surface area contributed by atoms with Crippen molar-refractivity contribution in [1.29, 1.82) is 0 Å². The molecule has 2 atom stereocenters. The van der Waals surface area contributed by atoms with Crippen molar-refractivity contribution >= 4 is 28.7 Å². The fourth-order valence-electron chi connectivity index (χ4n) is 4.20. The lowest BCUT2D eigenvalue weighted by atomic mass is 10.0. The Morgan fingerprint density at radius 3 is 2.45 bits per heavy atom. The zero-order chi connectivity index (χ0) is 23.2. The lowest BCUT2D eigenvalue weighted by Gasteiger charge is -2.27. The quantitative estimate of drug-likeness (QED) is 0.576. The van der Waals surface area contributed by atoms with Gasteiger partial charge in [-0.15, -0.1) is 0 Å². The van der Waals surface area contributed by atoms with Crippen LogP contribution >= 0.6 is 0 Å². The number of hydrogen-bond acceptors (Lipinski definition) is 4. The Morgan fingerprint density at radius 1 is 0.970 bits per heavy atom. The van der Waals surface area contributed by atoms with E-state index >= 15 is 0 Å². The van der Waals surface area contributed by atoms with Crippen LogP contribution in [0, 0.1) is 0 Å². The van der Waals surface area contributed by atoms with Gasteiger partial charge in [0.25, 0.3) is 0 Å². The second-order valence-corrected chi connectivity index (χ2v) is 8.17. The van der Waals surface area contributed by atoms with Crippen LogP contribution in [0.4, 0.5) is 4.79 Å². The Bertz CT molecular complexity index is 1150. The van der Waals surface area contributed by atoms with Crippen LogP contribution in [0.2, 0.25) is 0 Å². The highest BCUT2D eigenvalue weighted by Crippen LogP contribution is 2.21. The average Bonchev–Trinajstić information content (AvgIpc) is 3.33. The van der Waals surface area contributed by atoms with Crippen molar-refractivity contribution in [1.82, 2.24) is 10.2 Å². The molecule has 7 heteroatoms. The van der Waals surface area contributed by atoms with Crippen molar-refractivity contribution in [3.05, 3.63) is 83.9 Å². The predicted octanol–water partition coefficient (Wildman–Crippen LogP) is 3.75. The van der Waals surface area contributed by atoms with Crippen LogP contribution < -0.4 is 5.32 Å². The van der Waals surface area contributed by atoms with Crippen molar-refractivity contribution in [3.8, 4) is 0 Å². The molecule has 0 radical (unpaired) electrons. The molecule has 1 aliphatic heterocycles. The van der Waals surface area contributed by atoms with E-state index in [9.17, 15) is 19.5 Å². The number of benzene rings is 3. The maximum absolute atomic E-state index is 13.3. The minimum Gasteiger partial charge on any atom is -0.480 e. The van der Waals surface area contributed by atoms with Crippen LogP contribution in [0.15, 0.2) is 72.8 Å². The van der Waals surface area contributed by atoms with Crippen LogP contribution in [-0.4, -0.2) is 46.6 Å². The van der Waals surface area contributed by atoms with Gasteiger partial charge in [-0.2, -0.15) is 0 Å². The molecule has 0 unspecified atom stereocenters. The molecule has 7 nitrogen and oxygen atoms in total. The monoisotopic (exact) mass is 446 g/mol. The van der Waals surface area contributed by atoms with E-state index < -0.39 is 30.1 Å². The highest BCUT2D eigenvalue weighted by atomic mass is 16.5. The van der Waals surface area contributed by atoms with Gasteiger partial charge in [0.05, 0.1) is 0 Å². The summed E-state index contributed by atoms with van der Waals surface area (Å²) >= 11 is 0. The summed E-state index contributed by atoms with van der Waals surface area (Å²) in [6.07, 6.45) is 0.531. The van der Waals surface area contributed by atoms with Crippen LogP contribution in [0.1, 0.15) is 24.0 Å². The summed E-state index contributed by atoms with van der Waals surface area (Å²) in [5.41, 5.74) is 1.69. The predicted molar refractivity (Wildman–Crippen MR) is 124 cm³/mol. The number of alkyl carbamates (subject to hydrolysis) is 1. The first kappa shape index (κ1) is 22.3. The maximum Gasteiger partial charge on any atom is 0.408 e. The number of carbonyl (C=O) groups is 3. The van der Waals surface area contributed by atoms with E-state index in [0.717, 1.165) is 21.9 Å². The number of carboxylic acids is 1. The topological polar surface area (TPSA) is 95.9 Å². The van der Waals surface area contributed by atoms with Crippen molar-refractivity contribution in [3.63, 3.8) is 0 Å². The summed E-state index contributed by atoms with van der Waals surface area (Å²) in [7, 11) is 0. The van der Waals surface area contributed by atoms with Gasteiger partial charge in [0.1, 0.15) is 18.7 Å². The molecule has 0 aliphatic carbocycles. The van der Waals surface area contributed by atoms with Gasteiger partial charge < -0.3 is 20.1 Å². The maximum atomic E-state index is 13.3. The molecular formula is C26H26N2O5. The SMILES string of the molecule is O=C(N[C@H](Cc1ccc2ccccc2c1)C(=O)N1CCC[C@H]1C(=O)O)OCc1ccccc1.